The molecule has 0 aliphatic carbocycles. The highest BCUT2D eigenvalue weighted by molar-refractivity contribution is 5.76. The van der Waals surface area contributed by atoms with Crippen LogP contribution in [0.15, 0.2) is 22.7 Å². The number of hydrogen-bond donors (Lipinski definition) is 0. The number of aromatic nitrogens is 2. The van der Waals surface area contributed by atoms with E-state index in [4.69, 9.17) is 14.2 Å². The fourth-order valence-electron chi connectivity index (χ4n) is 4.23. The molecule has 0 bridgehead atoms. The maximum absolute atomic E-state index is 12.7. The SMILES string of the molecule is CCc1onc(C)c1-c1cccc(C2CN(C(=O)CCN3CCCC3)CCO2)n1. The molecule has 1 unspecified atom stereocenters. The first-order chi connectivity index (χ1) is 14.2. The quantitative estimate of drug-likeness (QED) is 0.745. The molecule has 2 aromatic rings. The molecular weight excluding hydrogens is 368 g/mol. The highest BCUT2D eigenvalue weighted by Crippen LogP contribution is 2.29. The first-order valence-corrected chi connectivity index (χ1v) is 10.7. The monoisotopic (exact) mass is 398 g/mol. The minimum atomic E-state index is -0.204. The lowest BCUT2D eigenvalue weighted by Gasteiger charge is -2.33. The number of carbonyl (C=O) groups excluding carboxylic acids is 1. The van der Waals surface area contributed by atoms with Gasteiger partial charge in [0.15, 0.2) is 0 Å². The molecule has 0 spiro atoms. The first kappa shape index (κ1) is 20.0. The zero-order valence-corrected chi connectivity index (χ0v) is 17.4. The number of likely N-dealkylation sites (tertiary alicyclic amines) is 1. The molecule has 7 heteroatoms. The van der Waals surface area contributed by atoms with E-state index in [0.29, 0.717) is 26.1 Å². The van der Waals surface area contributed by atoms with Gasteiger partial charge in [-0.25, -0.2) is 4.98 Å². The van der Waals surface area contributed by atoms with E-state index < -0.39 is 0 Å². The van der Waals surface area contributed by atoms with E-state index in [9.17, 15) is 4.79 Å². The van der Waals surface area contributed by atoms with Gasteiger partial charge in [0.05, 0.1) is 35.8 Å². The Labute approximate surface area is 172 Å². The topological polar surface area (TPSA) is 71.7 Å². The van der Waals surface area contributed by atoms with E-state index in [2.05, 4.69) is 10.1 Å². The van der Waals surface area contributed by atoms with Crippen molar-refractivity contribution in [2.75, 3.05) is 39.3 Å². The molecule has 1 amide bonds. The van der Waals surface area contributed by atoms with Gasteiger partial charge in [0.2, 0.25) is 5.91 Å². The summed E-state index contributed by atoms with van der Waals surface area (Å²) in [4.78, 5) is 21.9. The minimum absolute atomic E-state index is 0.204. The summed E-state index contributed by atoms with van der Waals surface area (Å²) in [6.45, 7) is 8.83. The van der Waals surface area contributed by atoms with Gasteiger partial charge in [-0.15, -0.1) is 0 Å². The van der Waals surface area contributed by atoms with Gasteiger partial charge in [-0.2, -0.15) is 0 Å². The van der Waals surface area contributed by atoms with Crippen LogP contribution in [0.3, 0.4) is 0 Å². The zero-order valence-electron chi connectivity index (χ0n) is 17.4. The van der Waals surface area contributed by atoms with Gasteiger partial charge in [0.1, 0.15) is 11.9 Å². The molecule has 0 radical (unpaired) electrons. The average molecular weight is 399 g/mol. The number of nitrogens with zero attached hydrogens (tertiary/aromatic N) is 4. The lowest BCUT2D eigenvalue weighted by Crippen LogP contribution is -2.43. The highest BCUT2D eigenvalue weighted by atomic mass is 16.5. The Kier molecular flexibility index (Phi) is 6.25. The molecule has 7 nitrogen and oxygen atoms in total. The maximum atomic E-state index is 12.7. The zero-order chi connectivity index (χ0) is 20.2. The second kappa shape index (κ2) is 9.05. The van der Waals surface area contributed by atoms with Gasteiger partial charge >= 0.3 is 0 Å². The van der Waals surface area contributed by atoms with E-state index >= 15 is 0 Å². The number of hydrogen-bond acceptors (Lipinski definition) is 6. The van der Waals surface area contributed by atoms with Crippen LogP contribution >= 0.6 is 0 Å². The van der Waals surface area contributed by atoms with Gasteiger partial charge in [-0.05, 0) is 45.0 Å². The van der Waals surface area contributed by atoms with Crippen LogP contribution in [0.1, 0.15) is 49.4 Å². The Balaban J connectivity index is 1.44. The summed E-state index contributed by atoms with van der Waals surface area (Å²) in [5.74, 6) is 1.06. The molecule has 4 heterocycles. The van der Waals surface area contributed by atoms with Crippen molar-refractivity contribution < 1.29 is 14.1 Å². The van der Waals surface area contributed by atoms with Crippen LogP contribution in [0.2, 0.25) is 0 Å². The normalized spacial score (nSPS) is 20.3. The van der Waals surface area contributed by atoms with Crippen LogP contribution < -0.4 is 0 Å². The van der Waals surface area contributed by atoms with Crippen molar-refractivity contribution in [2.45, 2.75) is 45.6 Å². The predicted octanol–water partition coefficient (Wildman–Crippen LogP) is 2.99. The molecular formula is C22H30N4O3. The fourth-order valence-corrected chi connectivity index (χ4v) is 4.23. The number of carbonyl (C=O) groups is 1. The fraction of sp³-hybridized carbons (Fsp3) is 0.591. The third-order valence-corrected chi connectivity index (χ3v) is 5.87. The average Bonchev–Trinajstić information content (AvgIpc) is 3.41. The van der Waals surface area contributed by atoms with E-state index in [0.717, 1.165) is 54.5 Å². The summed E-state index contributed by atoms with van der Waals surface area (Å²) in [7, 11) is 0. The number of pyridine rings is 1. The largest absolute Gasteiger partial charge is 0.368 e. The minimum Gasteiger partial charge on any atom is -0.368 e. The van der Waals surface area contributed by atoms with Crippen molar-refractivity contribution >= 4 is 5.91 Å². The molecule has 2 aliphatic heterocycles. The lowest BCUT2D eigenvalue weighted by atomic mass is 10.1. The number of morpholine rings is 1. The van der Waals surface area contributed by atoms with E-state index in [1.807, 2.05) is 36.9 Å². The third-order valence-electron chi connectivity index (χ3n) is 5.87. The van der Waals surface area contributed by atoms with E-state index in [1.165, 1.54) is 12.8 Å². The van der Waals surface area contributed by atoms with Crippen molar-refractivity contribution in [2.24, 2.45) is 0 Å². The summed E-state index contributed by atoms with van der Waals surface area (Å²) >= 11 is 0. The van der Waals surface area contributed by atoms with Gasteiger partial charge in [0.25, 0.3) is 0 Å². The molecule has 2 fully saturated rings. The third kappa shape index (κ3) is 4.51. The second-order valence-corrected chi connectivity index (χ2v) is 7.87. The van der Waals surface area contributed by atoms with Gasteiger partial charge in [-0.1, -0.05) is 18.1 Å². The second-order valence-electron chi connectivity index (χ2n) is 7.87. The van der Waals surface area contributed by atoms with Crippen LogP contribution in [-0.2, 0) is 16.0 Å². The molecule has 2 aromatic heterocycles. The van der Waals surface area contributed by atoms with Crippen molar-refractivity contribution in [3.8, 4) is 11.3 Å². The van der Waals surface area contributed by atoms with Crippen LogP contribution in [0.4, 0.5) is 0 Å². The van der Waals surface area contributed by atoms with Crippen molar-refractivity contribution in [3.05, 3.63) is 35.3 Å². The molecule has 156 valence electrons. The van der Waals surface area contributed by atoms with Gasteiger partial charge in [-0.3, -0.25) is 4.79 Å². The molecule has 1 atom stereocenters. The summed E-state index contributed by atoms with van der Waals surface area (Å²) in [5.41, 5.74) is 3.50. The van der Waals surface area contributed by atoms with Crippen LogP contribution in [-0.4, -0.2) is 65.2 Å². The lowest BCUT2D eigenvalue weighted by molar-refractivity contribution is -0.139. The van der Waals surface area contributed by atoms with Crippen LogP contribution in [0.5, 0.6) is 0 Å². The molecule has 2 saturated heterocycles. The molecule has 0 saturated carbocycles. The Hall–Kier alpha value is -2.25. The highest BCUT2D eigenvalue weighted by Gasteiger charge is 2.27. The Morgan fingerprint density at radius 2 is 2.07 bits per heavy atom. The summed E-state index contributed by atoms with van der Waals surface area (Å²) < 4.78 is 11.4. The van der Waals surface area contributed by atoms with Gasteiger partial charge in [0, 0.05) is 25.9 Å². The van der Waals surface area contributed by atoms with E-state index in [1.54, 1.807) is 0 Å². The molecule has 29 heavy (non-hydrogen) atoms. The van der Waals surface area contributed by atoms with Crippen molar-refractivity contribution in [1.29, 1.82) is 0 Å². The summed E-state index contributed by atoms with van der Waals surface area (Å²) in [6.07, 6.45) is 3.65. The Bertz CT molecular complexity index is 844. The molecule has 2 aliphatic rings. The number of ether oxygens (including phenoxy) is 1. The van der Waals surface area contributed by atoms with Crippen LogP contribution in [0, 0.1) is 6.92 Å². The summed E-state index contributed by atoms with van der Waals surface area (Å²) in [6, 6.07) is 5.94. The Morgan fingerprint density at radius 1 is 1.24 bits per heavy atom. The first-order valence-electron chi connectivity index (χ1n) is 10.7. The molecule has 4 rings (SSSR count). The van der Waals surface area contributed by atoms with E-state index in [-0.39, 0.29) is 12.0 Å². The standard InChI is InChI=1S/C22H30N4O3/c1-3-19-22(16(2)24-29-19)18-8-6-7-17(23-18)20-15-26(13-14-28-20)21(27)9-12-25-10-4-5-11-25/h6-8,20H,3-5,9-15H2,1-2H3. The number of aryl methyl sites for hydroxylation is 2. The number of rotatable bonds is 6. The summed E-state index contributed by atoms with van der Waals surface area (Å²) in [5, 5.41) is 4.09. The van der Waals surface area contributed by atoms with Crippen LogP contribution in [0.25, 0.3) is 11.3 Å². The smallest absolute Gasteiger partial charge is 0.224 e. The molecule has 0 N–H and O–H groups in total. The number of amides is 1. The van der Waals surface area contributed by atoms with Crippen molar-refractivity contribution in [1.82, 2.24) is 19.9 Å². The van der Waals surface area contributed by atoms with Gasteiger partial charge < -0.3 is 19.1 Å². The molecule has 0 aromatic carbocycles. The predicted molar refractivity (Wildman–Crippen MR) is 109 cm³/mol. The maximum Gasteiger partial charge on any atom is 0.224 e. The van der Waals surface area contributed by atoms with Crippen molar-refractivity contribution in [3.63, 3.8) is 0 Å². The Morgan fingerprint density at radius 3 is 2.86 bits per heavy atom.